The lowest BCUT2D eigenvalue weighted by Gasteiger charge is -2.10. The molecule has 1 amide bonds. The van der Waals surface area contributed by atoms with Crippen molar-refractivity contribution in [2.45, 2.75) is 30.7 Å². The van der Waals surface area contributed by atoms with Crippen LogP contribution in [0.1, 0.15) is 25.7 Å². The second-order valence-electron chi connectivity index (χ2n) is 6.60. The van der Waals surface area contributed by atoms with Crippen LogP contribution in [0, 0.1) is 0 Å². The van der Waals surface area contributed by atoms with Crippen LogP contribution in [0.3, 0.4) is 0 Å². The van der Waals surface area contributed by atoms with Crippen molar-refractivity contribution in [1.29, 1.82) is 0 Å². The number of carbonyl (C=O) groups excluding carboxylic acids is 1. The van der Waals surface area contributed by atoms with Crippen LogP contribution in [0.25, 0.3) is 10.9 Å². The van der Waals surface area contributed by atoms with Crippen LogP contribution in [0.5, 0.6) is 0 Å². The van der Waals surface area contributed by atoms with Gasteiger partial charge in [0, 0.05) is 31.4 Å². The molecule has 0 saturated carbocycles. The first-order valence-corrected chi connectivity index (χ1v) is 10.4. The van der Waals surface area contributed by atoms with Crippen molar-refractivity contribution in [3.63, 3.8) is 0 Å². The molecule has 0 aliphatic carbocycles. The van der Waals surface area contributed by atoms with Crippen LogP contribution in [-0.4, -0.2) is 23.3 Å². The number of aromatic nitrogens is 1. The average molecular weight is 382 g/mol. The van der Waals surface area contributed by atoms with Gasteiger partial charge in [0.25, 0.3) is 0 Å². The molecular formula is C22H27N3OS. The van der Waals surface area contributed by atoms with Crippen molar-refractivity contribution in [1.82, 2.24) is 4.57 Å². The Morgan fingerprint density at radius 3 is 2.52 bits per heavy atom. The van der Waals surface area contributed by atoms with Gasteiger partial charge >= 0.3 is 0 Å². The second-order valence-corrected chi connectivity index (χ2v) is 7.72. The Labute approximate surface area is 165 Å². The van der Waals surface area contributed by atoms with Crippen molar-refractivity contribution in [3.8, 4) is 0 Å². The summed E-state index contributed by atoms with van der Waals surface area (Å²) in [7, 11) is 3.98. The predicted molar refractivity (Wildman–Crippen MR) is 117 cm³/mol. The van der Waals surface area contributed by atoms with Gasteiger partial charge in [0.05, 0.1) is 16.4 Å². The Hall–Kier alpha value is -2.40. The van der Waals surface area contributed by atoms with Crippen LogP contribution in [0.2, 0.25) is 0 Å². The minimum Gasteiger partial charge on any atom is -0.386 e. The van der Waals surface area contributed by atoms with Gasteiger partial charge in [-0.3, -0.25) is 4.79 Å². The molecule has 0 spiro atoms. The molecule has 1 heterocycles. The third-order valence-electron chi connectivity index (χ3n) is 4.68. The number of benzene rings is 2. The minimum absolute atomic E-state index is 0.0824. The van der Waals surface area contributed by atoms with Crippen molar-refractivity contribution in [2.75, 3.05) is 23.4 Å². The molecular weight excluding hydrogens is 354 g/mol. The zero-order valence-electron chi connectivity index (χ0n) is 16.0. The van der Waals surface area contributed by atoms with Gasteiger partial charge in [-0.2, -0.15) is 0 Å². The van der Waals surface area contributed by atoms with Gasteiger partial charge in [0.2, 0.25) is 5.91 Å². The van der Waals surface area contributed by atoms with Crippen molar-refractivity contribution < 1.29 is 4.79 Å². The number of para-hydroxylation sites is 3. The fourth-order valence-electron chi connectivity index (χ4n) is 3.17. The van der Waals surface area contributed by atoms with Gasteiger partial charge < -0.3 is 15.2 Å². The summed E-state index contributed by atoms with van der Waals surface area (Å²) >= 11 is 1.89. The molecule has 0 bridgehead atoms. The zero-order valence-corrected chi connectivity index (χ0v) is 16.8. The molecule has 0 aliphatic rings. The molecule has 0 atom stereocenters. The smallest absolute Gasteiger partial charge is 0.224 e. The van der Waals surface area contributed by atoms with Crippen LogP contribution in [0.4, 0.5) is 11.4 Å². The van der Waals surface area contributed by atoms with Crippen LogP contribution < -0.4 is 10.6 Å². The van der Waals surface area contributed by atoms with Crippen molar-refractivity contribution in [3.05, 3.63) is 54.6 Å². The van der Waals surface area contributed by atoms with Crippen LogP contribution in [-0.2, 0) is 11.8 Å². The van der Waals surface area contributed by atoms with E-state index >= 15 is 0 Å². The maximum atomic E-state index is 12.1. The summed E-state index contributed by atoms with van der Waals surface area (Å²) in [4.78, 5) is 12.1. The van der Waals surface area contributed by atoms with Gasteiger partial charge in [0.15, 0.2) is 0 Å². The van der Waals surface area contributed by atoms with E-state index in [0.717, 1.165) is 36.4 Å². The van der Waals surface area contributed by atoms with Gasteiger partial charge in [-0.1, -0.05) is 36.8 Å². The van der Waals surface area contributed by atoms with E-state index in [9.17, 15) is 4.79 Å². The Morgan fingerprint density at radius 2 is 1.74 bits per heavy atom. The summed E-state index contributed by atoms with van der Waals surface area (Å²) in [5.74, 6) is 1.16. The number of thioether (sulfide) groups is 1. The van der Waals surface area contributed by atoms with Crippen molar-refractivity contribution in [2.24, 2.45) is 7.05 Å². The maximum absolute atomic E-state index is 12.1. The number of anilines is 2. The summed E-state index contributed by atoms with van der Waals surface area (Å²) in [6, 6.07) is 18.5. The highest BCUT2D eigenvalue weighted by Crippen LogP contribution is 2.27. The number of nitrogens with zero attached hydrogens (tertiary/aromatic N) is 1. The molecule has 0 saturated heterocycles. The van der Waals surface area contributed by atoms with Crippen LogP contribution in [0.15, 0.2) is 59.6 Å². The first-order chi connectivity index (χ1) is 13.2. The lowest BCUT2D eigenvalue weighted by molar-refractivity contribution is -0.116. The van der Waals surface area contributed by atoms with Gasteiger partial charge in [-0.25, -0.2) is 0 Å². The summed E-state index contributed by atoms with van der Waals surface area (Å²) in [5.41, 5.74) is 3.06. The molecule has 0 aliphatic heterocycles. The summed E-state index contributed by atoms with van der Waals surface area (Å²) in [6.07, 6.45) is 3.67. The maximum Gasteiger partial charge on any atom is 0.224 e. The first kappa shape index (κ1) is 19.4. The highest BCUT2D eigenvalue weighted by molar-refractivity contribution is 7.99. The number of unbranched alkanes of at least 4 members (excludes halogenated alkanes) is 2. The predicted octanol–water partition coefficient (Wildman–Crippen LogP) is 5.51. The number of hydrogen-bond acceptors (Lipinski definition) is 3. The molecule has 2 N–H and O–H groups in total. The quantitative estimate of drug-likeness (QED) is 0.379. The molecule has 0 unspecified atom stereocenters. The molecule has 27 heavy (non-hydrogen) atoms. The van der Waals surface area contributed by atoms with E-state index < -0.39 is 0 Å². The summed E-state index contributed by atoms with van der Waals surface area (Å²) in [5, 5.41) is 8.68. The fourth-order valence-corrected chi connectivity index (χ4v) is 4.23. The van der Waals surface area contributed by atoms with Gasteiger partial charge in [-0.15, -0.1) is 11.8 Å². The lowest BCUT2D eigenvalue weighted by Crippen LogP contribution is -2.12. The number of amides is 1. The number of rotatable bonds is 9. The molecule has 0 fully saturated rings. The van der Waals surface area contributed by atoms with E-state index in [1.807, 2.05) is 43.1 Å². The average Bonchev–Trinajstić information content (AvgIpc) is 3.01. The Morgan fingerprint density at radius 1 is 1.00 bits per heavy atom. The van der Waals surface area contributed by atoms with E-state index in [1.54, 1.807) is 0 Å². The van der Waals surface area contributed by atoms with E-state index in [1.165, 1.54) is 15.9 Å². The van der Waals surface area contributed by atoms with E-state index in [4.69, 9.17) is 0 Å². The first-order valence-electron chi connectivity index (χ1n) is 9.43. The van der Waals surface area contributed by atoms with E-state index in [-0.39, 0.29) is 5.91 Å². The minimum atomic E-state index is 0.0824. The van der Waals surface area contributed by atoms with Crippen molar-refractivity contribution >= 4 is 39.9 Å². The molecule has 3 rings (SSSR count). The lowest BCUT2D eigenvalue weighted by atomic mass is 10.2. The molecule has 142 valence electrons. The normalized spacial score (nSPS) is 10.9. The standard InChI is InChI=1S/C22H27N3OS/c1-23-18-11-6-7-12-19(18)24-21(26)14-4-3-9-15-27-22-16-17-10-5-8-13-20(17)25(22)2/h5-8,10-13,16,23H,3-4,9,14-15H2,1-2H3,(H,24,26). The molecule has 4 nitrogen and oxygen atoms in total. The summed E-state index contributed by atoms with van der Waals surface area (Å²) < 4.78 is 2.26. The monoisotopic (exact) mass is 381 g/mol. The second kappa shape index (κ2) is 9.51. The number of aryl methyl sites for hydroxylation is 1. The number of fused-ring (bicyclic) bond motifs is 1. The van der Waals surface area contributed by atoms with E-state index in [2.05, 4.69) is 52.6 Å². The van der Waals surface area contributed by atoms with Crippen LogP contribution >= 0.6 is 11.8 Å². The van der Waals surface area contributed by atoms with Gasteiger partial charge in [0.1, 0.15) is 0 Å². The molecule has 0 radical (unpaired) electrons. The largest absolute Gasteiger partial charge is 0.386 e. The molecule has 5 heteroatoms. The molecule has 1 aromatic heterocycles. The third-order valence-corrected chi connectivity index (χ3v) is 5.86. The number of carbonyl (C=O) groups is 1. The van der Waals surface area contributed by atoms with Gasteiger partial charge in [-0.05, 0) is 42.9 Å². The highest BCUT2D eigenvalue weighted by Gasteiger charge is 2.07. The highest BCUT2D eigenvalue weighted by atomic mass is 32.2. The Balaban J connectivity index is 1.36. The summed E-state index contributed by atoms with van der Waals surface area (Å²) in [6.45, 7) is 0. The Bertz CT molecular complexity index is 903. The SMILES string of the molecule is CNc1ccccc1NC(=O)CCCCCSc1cc2ccccc2n1C. The molecule has 3 aromatic rings. The fraction of sp³-hybridized carbons (Fsp3) is 0.318. The third kappa shape index (κ3) is 5.07. The Kier molecular flexibility index (Phi) is 6.82. The zero-order chi connectivity index (χ0) is 19.1. The van der Waals surface area contributed by atoms with E-state index in [0.29, 0.717) is 6.42 Å². The topological polar surface area (TPSA) is 46.1 Å². The number of hydrogen-bond donors (Lipinski definition) is 2. The molecule has 2 aromatic carbocycles. The number of nitrogens with one attached hydrogen (secondary N) is 2.